The van der Waals surface area contributed by atoms with Crippen molar-refractivity contribution >= 4 is 11.6 Å². The van der Waals surface area contributed by atoms with Gasteiger partial charge in [0.25, 0.3) is 5.91 Å². The third-order valence-electron chi connectivity index (χ3n) is 2.95. The average molecular weight is 235 g/mol. The molecule has 17 heavy (non-hydrogen) atoms. The number of hydrogen-bond acceptors (Lipinski definition) is 4. The molecule has 0 saturated carbocycles. The van der Waals surface area contributed by atoms with Gasteiger partial charge in [0.1, 0.15) is 0 Å². The Morgan fingerprint density at radius 2 is 2.35 bits per heavy atom. The first kappa shape index (κ1) is 11.9. The van der Waals surface area contributed by atoms with E-state index < -0.39 is 0 Å². The number of nitrogens with zero attached hydrogens (tertiary/aromatic N) is 2. The number of carbonyl (C=O) groups is 1. The van der Waals surface area contributed by atoms with Crippen LogP contribution in [0.5, 0.6) is 0 Å². The molecule has 1 aliphatic heterocycles. The SMILES string of the molecule is CC1CN(C(=O)c2ccncc2N)C(C)CO1. The summed E-state index contributed by atoms with van der Waals surface area (Å²) in [4.78, 5) is 18.0. The minimum absolute atomic E-state index is 0.0486. The van der Waals surface area contributed by atoms with Crippen molar-refractivity contribution in [3.63, 3.8) is 0 Å². The van der Waals surface area contributed by atoms with Gasteiger partial charge in [-0.15, -0.1) is 0 Å². The smallest absolute Gasteiger partial charge is 0.256 e. The Morgan fingerprint density at radius 1 is 1.59 bits per heavy atom. The number of pyridine rings is 1. The molecular formula is C12H17N3O2. The Morgan fingerprint density at radius 3 is 3.06 bits per heavy atom. The van der Waals surface area contributed by atoms with E-state index in [0.29, 0.717) is 24.4 Å². The molecule has 1 fully saturated rings. The second-order valence-corrected chi connectivity index (χ2v) is 4.41. The molecule has 0 bridgehead atoms. The fourth-order valence-corrected chi connectivity index (χ4v) is 1.94. The Hall–Kier alpha value is -1.62. The van der Waals surface area contributed by atoms with E-state index in [2.05, 4.69) is 4.98 Å². The van der Waals surface area contributed by atoms with Gasteiger partial charge in [0.15, 0.2) is 0 Å². The highest BCUT2D eigenvalue weighted by molar-refractivity contribution is 5.99. The van der Waals surface area contributed by atoms with E-state index in [1.807, 2.05) is 13.8 Å². The van der Waals surface area contributed by atoms with Gasteiger partial charge in [-0.1, -0.05) is 0 Å². The summed E-state index contributed by atoms with van der Waals surface area (Å²) in [6.45, 7) is 5.10. The maximum absolute atomic E-state index is 12.3. The summed E-state index contributed by atoms with van der Waals surface area (Å²) in [5.41, 5.74) is 6.70. The normalized spacial score (nSPS) is 24.7. The summed E-state index contributed by atoms with van der Waals surface area (Å²) in [6.07, 6.45) is 3.15. The van der Waals surface area contributed by atoms with Gasteiger partial charge < -0.3 is 15.4 Å². The largest absolute Gasteiger partial charge is 0.397 e. The molecule has 5 heteroatoms. The first-order valence-corrected chi connectivity index (χ1v) is 5.71. The number of anilines is 1. The first-order valence-electron chi connectivity index (χ1n) is 5.71. The molecule has 1 aromatic rings. The predicted molar refractivity (Wildman–Crippen MR) is 64.6 cm³/mol. The van der Waals surface area contributed by atoms with Crippen LogP contribution in [-0.4, -0.2) is 41.1 Å². The van der Waals surface area contributed by atoms with Crippen LogP contribution in [0.25, 0.3) is 0 Å². The van der Waals surface area contributed by atoms with Crippen molar-refractivity contribution in [1.29, 1.82) is 0 Å². The predicted octanol–water partition coefficient (Wildman–Crippen LogP) is 0.913. The van der Waals surface area contributed by atoms with Crippen molar-refractivity contribution in [2.75, 3.05) is 18.9 Å². The quantitative estimate of drug-likeness (QED) is 0.785. The van der Waals surface area contributed by atoms with E-state index in [4.69, 9.17) is 10.5 Å². The number of nitrogens with two attached hydrogens (primary N) is 1. The molecule has 0 aromatic carbocycles. The Bertz CT molecular complexity index is 422. The van der Waals surface area contributed by atoms with Crippen molar-refractivity contribution in [2.24, 2.45) is 0 Å². The second kappa shape index (κ2) is 4.71. The lowest BCUT2D eigenvalue weighted by molar-refractivity contribution is -0.0386. The van der Waals surface area contributed by atoms with Crippen LogP contribution in [-0.2, 0) is 4.74 Å². The van der Waals surface area contributed by atoms with Crippen molar-refractivity contribution in [2.45, 2.75) is 26.0 Å². The van der Waals surface area contributed by atoms with E-state index >= 15 is 0 Å². The Labute approximate surface area is 101 Å². The Kier molecular flexibility index (Phi) is 3.28. The van der Waals surface area contributed by atoms with Gasteiger partial charge in [-0.3, -0.25) is 9.78 Å². The zero-order chi connectivity index (χ0) is 12.4. The van der Waals surface area contributed by atoms with E-state index in [1.165, 1.54) is 6.20 Å². The van der Waals surface area contributed by atoms with Gasteiger partial charge in [-0.05, 0) is 19.9 Å². The van der Waals surface area contributed by atoms with Crippen LogP contribution >= 0.6 is 0 Å². The molecule has 2 heterocycles. The molecule has 1 aliphatic rings. The molecule has 1 saturated heterocycles. The van der Waals surface area contributed by atoms with Crippen LogP contribution in [0.15, 0.2) is 18.5 Å². The summed E-state index contributed by atoms with van der Waals surface area (Å²) in [7, 11) is 0. The standard InChI is InChI=1S/C12H17N3O2/c1-8-7-17-9(2)6-15(8)12(16)10-3-4-14-5-11(10)13/h3-5,8-9H,6-7,13H2,1-2H3. The molecular weight excluding hydrogens is 218 g/mol. The van der Waals surface area contributed by atoms with Gasteiger partial charge in [0.05, 0.1) is 36.2 Å². The van der Waals surface area contributed by atoms with Crippen LogP contribution in [0.1, 0.15) is 24.2 Å². The summed E-state index contributed by atoms with van der Waals surface area (Å²) in [5.74, 6) is -0.0486. The number of aromatic nitrogens is 1. The van der Waals surface area contributed by atoms with Gasteiger partial charge >= 0.3 is 0 Å². The van der Waals surface area contributed by atoms with Gasteiger partial charge in [0.2, 0.25) is 0 Å². The summed E-state index contributed by atoms with van der Waals surface area (Å²) >= 11 is 0. The van der Waals surface area contributed by atoms with Crippen LogP contribution in [0.3, 0.4) is 0 Å². The minimum Gasteiger partial charge on any atom is -0.397 e. The van der Waals surface area contributed by atoms with E-state index in [0.717, 1.165) is 0 Å². The number of ether oxygens (including phenoxy) is 1. The highest BCUT2D eigenvalue weighted by Gasteiger charge is 2.28. The molecule has 0 spiro atoms. The van der Waals surface area contributed by atoms with Gasteiger partial charge in [-0.25, -0.2) is 0 Å². The molecule has 2 rings (SSSR count). The lowest BCUT2D eigenvalue weighted by Crippen LogP contribution is -2.50. The van der Waals surface area contributed by atoms with E-state index in [1.54, 1.807) is 17.2 Å². The summed E-state index contributed by atoms with van der Waals surface area (Å²) in [6, 6.07) is 1.73. The van der Waals surface area contributed by atoms with Crippen molar-refractivity contribution in [3.8, 4) is 0 Å². The maximum Gasteiger partial charge on any atom is 0.256 e. The highest BCUT2D eigenvalue weighted by atomic mass is 16.5. The fourth-order valence-electron chi connectivity index (χ4n) is 1.94. The molecule has 5 nitrogen and oxygen atoms in total. The summed E-state index contributed by atoms with van der Waals surface area (Å²) in [5, 5.41) is 0. The van der Waals surface area contributed by atoms with E-state index in [-0.39, 0.29) is 18.1 Å². The molecule has 1 amide bonds. The topological polar surface area (TPSA) is 68.5 Å². The van der Waals surface area contributed by atoms with Crippen LogP contribution < -0.4 is 5.73 Å². The number of hydrogen-bond donors (Lipinski definition) is 1. The lowest BCUT2D eigenvalue weighted by atomic mass is 10.1. The molecule has 1 aromatic heterocycles. The fraction of sp³-hybridized carbons (Fsp3) is 0.500. The van der Waals surface area contributed by atoms with Crippen LogP contribution in [0, 0.1) is 0 Å². The zero-order valence-corrected chi connectivity index (χ0v) is 10.1. The van der Waals surface area contributed by atoms with Crippen molar-refractivity contribution in [3.05, 3.63) is 24.0 Å². The van der Waals surface area contributed by atoms with Crippen molar-refractivity contribution in [1.82, 2.24) is 9.88 Å². The van der Waals surface area contributed by atoms with Crippen LogP contribution in [0.2, 0.25) is 0 Å². The number of nitrogen functional groups attached to an aromatic ring is 1. The highest BCUT2D eigenvalue weighted by Crippen LogP contribution is 2.18. The third kappa shape index (κ3) is 2.39. The Balaban J connectivity index is 2.22. The van der Waals surface area contributed by atoms with Crippen molar-refractivity contribution < 1.29 is 9.53 Å². The first-order chi connectivity index (χ1) is 8.09. The number of amides is 1. The van der Waals surface area contributed by atoms with Gasteiger partial charge in [-0.2, -0.15) is 0 Å². The number of rotatable bonds is 1. The number of carbonyl (C=O) groups excluding carboxylic acids is 1. The molecule has 0 aliphatic carbocycles. The molecule has 2 atom stereocenters. The minimum atomic E-state index is -0.0486. The summed E-state index contributed by atoms with van der Waals surface area (Å²) < 4.78 is 5.50. The monoisotopic (exact) mass is 235 g/mol. The molecule has 92 valence electrons. The van der Waals surface area contributed by atoms with Crippen LogP contribution in [0.4, 0.5) is 5.69 Å². The average Bonchev–Trinajstić information content (AvgIpc) is 2.32. The molecule has 2 N–H and O–H groups in total. The molecule has 0 radical (unpaired) electrons. The van der Waals surface area contributed by atoms with E-state index in [9.17, 15) is 4.79 Å². The second-order valence-electron chi connectivity index (χ2n) is 4.41. The van der Waals surface area contributed by atoms with Gasteiger partial charge in [0, 0.05) is 12.7 Å². The zero-order valence-electron chi connectivity index (χ0n) is 10.1. The lowest BCUT2D eigenvalue weighted by Gasteiger charge is -2.37. The third-order valence-corrected chi connectivity index (χ3v) is 2.95. The molecule has 2 unspecified atom stereocenters. The number of morpholine rings is 1. The maximum atomic E-state index is 12.3.